The lowest BCUT2D eigenvalue weighted by Gasteiger charge is -2.37. The molecule has 1 aliphatic heterocycles. The van der Waals surface area contributed by atoms with Crippen molar-refractivity contribution in [2.24, 2.45) is 0 Å². The number of phenols is 1. The minimum Gasteiger partial charge on any atom is -0.507 e. The molecule has 0 aromatic heterocycles. The number of benzene rings is 1. The monoisotopic (exact) mass is 260 g/mol. The van der Waals surface area contributed by atoms with Gasteiger partial charge in [0.15, 0.2) is 0 Å². The first kappa shape index (κ1) is 14.0. The number of fused-ring (bicyclic) bond motifs is 1. The highest BCUT2D eigenvalue weighted by Gasteiger charge is 2.33. The molecule has 1 aromatic carbocycles. The van der Waals surface area contributed by atoms with Gasteiger partial charge in [0.2, 0.25) is 0 Å². The number of hydrogen-bond acceptors (Lipinski definition) is 2. The second kappa shape index (κ2) is 4.92. The average Bonchev–Trinajstić information content (AvgIpc) is 2.40. The minimum atomic E-state index is -0.125. The Hall–Kier alpha value is -1.44. The van der Waals surface area contributed by atoms with Crippen LogP contribution >= 0.6 is 0 Å². The third kappa shape index (κ3) is 2.36. The van der Waals surface area contributed by atoms with E-state index in [1.54, 1.807) is 0 Å². The molecule has 0 saturated heterocycles. The number of phenolic OH excluding ortho intramolecular Hbond substituents is 1. The van der Waals surface area contributed by atoms with E-state index in [2.05, 4.69) is 19.1 Å². The Bertz CT molecular complexity index is 529. The lowest BCUT2D eigenvalue weighted by molar-refractivity contribution is 0.0667. The van der Waals surface area contributed by atoms with E-state index in [0.717, 1.165) is 41.7 Å². The number of rotatable bonds is 2. The van der Waals surface area contributed by atoms with Crippen LogP contribution in [0.25, 0.3) is 0 Å². The van der Waals surface area contributed by atoms with E-state index < -0.39 is 0 Å². The van der Waals surface area contributed by atoms with Gasteiger partial charge in [0.25, 0.3) is 0 Å². The van der Waals surface area contributed by atoms with Crippen molar-refractivity contribution < 1.29 is 9.84 Å². The average molecular weight is 260 g/mol. The highest BCUT2D eigenvalue weighted by Crippen LogP contribution is 2.44. The van der Waals surface area contributed by atoms with Crippen LogP contribution in [0.4, 0.5) is 0 Å². The van der Waals surface area contributed by atoms with Crippen molar-refractivity contribution in [2.45, 2.75) is 59.5 Å². The largest absolute Gasteiger partial charge is 0.507 e. The molecule has 1 N–H and O–H groups in total. The van der Waals surface area contributed by atoms with Crippen LogP contribution in [0.3, 0.4) is 0 Å². The maximum atomic E-state index is 10.1. The van der Waals surface area contributed by atoms with E-state index in [9.17, 15) is 5.11 Å². The zero-order valence-electron chi connectivity index (χ0n) is 12.6. The first-order chi connectivity index (χ1) is 8.89. The summed E-state index contributed by atoms with van der Waals surface area (Å²) in [6.07, 6.45) is 7.14. The zero-order chi connectivity index (χ0) is 14.2. The number of hydrogen-bond donors (Lipinski definition) is 1. The van der Waals surface area contributed by atoms with Crippen LogP contribution in [0.2, 0.25) is 0 Å². The molecule has 0 saturated carbocycles. The Labute approximate surface area is 116 Å². The van der Waals surface area contributed by atoms with Crippen LogP contribution in [0.5, 0.6) is 11.5 Å². The Morgan fingerprint density at radius 3 is 2.53 bits per heavy atom. The van der Waals surface area contributed by atoms with E-state index in [-0.39, 0.29) is 5.60 Å². The summed E-state index contributed by atoms with van der Waals surface area (Å²) >= 11 is 0. The van der Waals surface area contributed by atoms with Gasteiger partial charge in [-0.05, 0) is 64.2 Å². The van der Waals surface area contributed by atoms with E-state index in [1.807, 2.05) is 27.7 Å². The Kier molecular flexibility index (Phi) is 3.62. The summed E-state index contributed by atoms with van der Waals surface area (Å²) in [7, 11) is 0. The van der Waals surface area contributed by atoms with Crippen molar-refractivity contribution in [1.82, 2.24) is 0 Å². The summed E-state index contributed by atoms with van der Waals surface area (Å²) in [5, 5.41) is 10.1. The lowest BCUT2D eigenvalue weighted by atomic mass is 9.85. The topological polar surface area (TPSA) is 29.5 Å². The Morgan fingerprint density at radius 2 is 1.89 bits per heavy atom. The molecule has 2 rings (SSSR count). The normalized spacial score (nSPS) is 22.4. The smallest absolute Gasteiger partial charge is 0.127 e. The summed E-state index contributed by atoms with van der Waals surface area (Å²) in [5.41, 5.74) is 4.04. The van der Waals surface area contributed by atoms with Gasteiger partial charge in [-0.1, -0.05) is 12.2 Å². The highest BCUT2D eigenvalue weighted by atomic mass is 16.5. The molecule has 0 fully saturated rings. The molecule has 104 valence electrons. The molecule has 1 heterocycles. The Morgan fingerprint density at radius 1 is 1.21 bits per heavy atom. The van der Waals surface area contributed by atoms with Gasteiger partial charge in [-0.3, -0.25) is 0 Å². The van der Waals surface area contributed by atoms with Gasteiger partial charge in [-0.25, -0.2) is 0 Å². The molecule has 0 unspecified atom stereocenters. The SMILES string of the molecule is CC=CC[C@]1(C)CCc2c(C)c(O)c(C)c(C)c2O1. The molecule has 2 heteroatoms. The van der Waals surface area contributed by atoms with Crippen LogP contribution in [-0.2, 0) is 6.42 Å². The highest BCUT2D eigenvalue weighted by molar-refractivity contribution is 5.58. The first-order valence-electron chi connectivity index (χ1n) is 7.01. The predicted octanol–water partition coefficient (Wildman–Crippen LogP) is 4.37. The standard InChI is InChI=1S/C17H24O2/c1-6-7-9-17(5)10-8-14-13(4)15(18)11(2)12(3)16(14)19-17/h6-7,18H,8-10H2,1-5H3/t17-/m1/s1. The van der Waals surface area contributed by atoms with E-state index in [4.69, 9.17) is 4.74 Å². The van der Waals surface area contributed by atoms with Gasteiger partial charge < -0.3 is 9.84 Å². The minimum absolute atomic E-state index is 0.125. The number of allylic oxidation sites excluding steroid dienone is 1. The van der Waals surface area contributed by atoms with Gasteiger partial charge in [0.05, 0.1) is 0 Å². The fourth-order valence-electron chi connectivity index (χ4n) is 2.81. The first-order valence-corrected chi connectivity index (χ1v) is 7.01. The molecule has 0 radical (unpaired) electrons. The second-order valence-corrected chi connectivity index (χ2v) is 5.86. The van der Waals surface area contributed by atoms with Gasteiger partial charge in [0, 0.05) is 12.0 Å². The second-order valence-electron chi connectivity index (χ2n) is 5.86. The molecular weight excluding hydrogens is 236 g/mol. The van der Waals surface area contributed by atoms with Gasteiger partial charge in [-0.2, -0.15) is 0 Å². The molecule has 1 aromatic rings. The number of aromatic hydroxyl groups is 1. The lowest BCUT2D eigenvalue weighted by Crippen LogP contribution is -2.36. The maximum Gasteiger partial charge on any atom is 0.127 e. The summed E-state index contributed by atoms with van der Waals surface area (Å²) < 4.78 is 6.31. The van der Waals surface area contributed by atoms with Gasteiger partial charge in [0.1, 0.15) is 17.1 Å². The van der Waals surface area contributed by atoms with Crippen LogP contribution in [0, 0.1) is 20.8 Å². The fraction of sp³-hybridized carbons (Fsp3) is 0.529. The third-order valence-electron chi connectivity index (χ3n) is 4.38. The van der Waals surface area contributed by atoms with Crippen molar-refractivity contribution in [3.8, 4) is 11.5 Å². The molecule has 1 atom stereocenters. The van der Waals surface area contributed by atoms with Crippen molar-refractivity contribution >= 4 is 0 Å². The van der Waals surface area contributed by atoms with E-state index >= 15 is 0 Å². The van der Waals surface area contributed by atoms with Gasteiger partial charge >= 0.3 is 0 Å². The Balaban J connectivity index is 2.46. The van der Waals surface area contributed by atoms with Crippen molar-refractivity contribution in [2.75, 3.05) is 0 Å². The van der Waals surface area contributed by atoms with Crippen molar-refractivity contribution in [3.05, 3.63) is 34.4 Å². The van der Waals surface area contributed by atoms with E-state index in [0.29, 0.717) is 5.75 Å². The molecule has 2 nitrogen and oxygen atoms in total. The van der Waals surface area contributed by atoms with Crippen LogP contribution in [0.15, 0.2) is 12.2 Å². The molecule has 0 aliphatic carbocycles. The molecule has 0 amide bonds. The van der Waals surface area contributed by atoms with Crippen molar-refractivity contribution in [1.29, 1.82) is 0 Å². The fourth-order valence-corrected chi connectivity index (χ4v) is 2.81. The molecule has 19 heavy (non-hydrogen) atoms. The third-order valence-corrected chi connectivity index (χ3v) is 4.38. The quantitative estimate of drug-likeness (QED) is 0.800. The molecule has 1 aliphatic rings. The summed E-state index contributed by atoms with van der Waals surface area (Å²) in [6.45, 7) is 10.2. The van der Waals surface area contributed by atoms with E-state index in [1.165, 1.54) is 5.56 Å². The van der Waals surface area contributed by atoms with Gasteiger partial charge in [-0.15, -0.1) is 0 Å². The van der Waals surface area contributed by atoms with Crippen LogP contribution in [-0.4, -0.2) is 10.7 Å². The molecule has 0 bridgehead atoms. The number of ether oxygens (including phenoxy) is 1. The molecular formula is C17H24O2. The van der Waals surface area contributed by atoms with Crippen molar-refractivity contribution in [3.63, 3.8) is 0 Å². The summed E-state index contributed by atoms with van der Waals surface area (Å²) in [5.74, 6) is 1.42. The maximum absolute atomic E-state index is 10.1. The zero-order valence-corrected chi connectivity index (χ0v) is 12.6. The molecule has 0 spiro atoms. The van der Waals surface area contributed by atoms with Crippen LogP contribution < -0.4 is 4.74 Å². The summed E-state index contributed by atoms with van der Waals surface area (Å²) in [6, 6.07) is 0. The van der Waals surface area contributed by atoms with Crippen LogP contribution in [0.1, 0.15) is 48.9 Å². The predicted molar refractivity (Wildman–Crippen MR) is 79.1 cm³/mol. The summed E-state index contributed by atoms with van der Waals surface area (Å²) in [4.78, 5) is 0.